The Labute approximate surface area is 345 Å². The quantitative estimate of drug-likeness (QED) is 0.0369. The van der Waals surface area contributed by atoms with Gasteiger partial charge in [-0.3, -0.25) is 13.8 Å². The number of hydrogen-bond donors (Lipinski definition) is 0. The van der Waals surface area contributed by atoms with Gasteiger partial charge in [-0.15, -0.1) is 0 Å². The molecule has 8 heteroatoms. The zero-order valence-electron chi connectivity index (χ0n) is 36.6. The fraction of sp³-hybridized carbons (Fsp3) is 0.833. The number of unbranched alkanes of at least 4 members (excludes halogenated alkanes) is 30. The topological polar surface area (TPSA) is 96.0 Å². The Balaban J connectivity index is 2.22. The molecule has 0 aliphatic carbocycles. The Kier molecular flexibility index (Phi) is 34.7. The van der Waals surface area contributed by atoms with Crippen LogP contribution in [0.25, 0.3) is 0 Å². The summed E-state index contributed by atoms with van der Waals surface area (Å²) in [5.41, 5.74) is 0.923. The molecule has 1 aromatic rings. The van der Waals surface area contributed by atoms with Gasteiger partial charge in [-0.05, 0) is 31.9 Å². The number of rotatable bonds is 41. The molecule has 1 rings (SSSR count). The largest absolute Gasteiger partial charge is 0.463 e. The van der Waals surface area contributed by atoms with Gasteiger partial charge in [0.2, 0.25) is 0 Å². The van der Waals surface area contributed by atoms with Gasteiger partial charge in [-0.2, -0.15) is 8.42 Å². The maximum atomic E-state index is 13.0. The number of benzene rings is 1. The van der Waals surface area contributed by atoms with Crippen molar-refractivity contribution in [3.8, 4) is 0 Å². The van der Waals surface area contributed by atoms with E-state index >= 15 is 0 Å². The molecule has 1 atom stereocenters. The molecule has 1 unspecified atom stereocenters. The SMILES string of the molecule is CCCCCCCCCCCCCCCCCCCCCC(=O)OCC(COC(=O)CCCCCCCCCCCCCCC)OS(=O)(=O)c1ccc(C)cc1. The highest BCUT2D eigenvalue weighted by Crippen LogP contribution is 2.18. The van der Waals surface area contributed by atoms with Crippen LogP contribution in [-0.2, 0) is 33.4 Å². The summed E-state index contributed by atoms with van der Waals surface area (Å²) in [5.74, 6) is -0.786. The van der Waals surface area contributed by atoms with E-state index in [9.17, 15) is 18.0 Å². The van der Waals surface area contributed by atoms with Gasteiger partial charge < -0.3 is 9.47 Å². The molecule has 0 N–H and O–H groups in total. The summed E-state index contributed by atoms with van der Waals surface area (Å²) in [6, 6.07) is 6.35. The van der Waals surface area contributed by atoms with Crippen LogP contribution in [0.2, 0.25) is 0 Å². The molecule has 326 valence electrons. The molecular formula is C48H86O7S. The molecule has 56 heavy (non-hydrogen) atoms. The van der Waals surface area contributed by atoms with Crippen LogP contribution in [-0.4, -0.2) is 39.7 Å². The number of carbonyl (C=O) groups excluding carboxylic acids is 2. The first-order valence-electron chi connectivity index (χ1n) is 23.6. The van der Waals surface area contributed by atoms with E-state index in [0.29, 0.717) is 0 Å². The Bertz CT molecular complexity index is 1150. The minimum absolute atomic E-state index is 0.00631. The average Bonchev–Trinajstić information content (AvgIpc) is 3.18. The lowest BCUT2D eigenvalue weighted by atomic mass is 10.0. The van der Waals surface area contributed by atoms with Crippen molar-refractivity contribution >= 4 is 22.1 Å². The van der Waals surface area contributed by atoms with E-state index in [1.165, 1.54) is 179 Å². The van der Waals surface area contributed by atoms with E-state index in [1.807, 2.05) is 6.92 Å². The second-order valence-corrected chi connectivity index (χ2v) is 18.0. The molecule has 0 aliphatic heterocycles. The molecule has 0 amide bonds. The second kappa shape index (κ2) is 37.3. The van der Waals surface area contributed by atoms with Crippen LogP contribution in [0.4, 0.5) is 0 Å². The van der Waals surface area contributed by atoms with E-state index in [0.717, 1.165) is 44.1 Å². The van der Waals surface area contributed by atoms with Crippen LogP contribution < -0.4 is 0 Å². The van der Waals surface area contributed by atoms with Gasteiger partial charge in [0.05, 0.1) is 4.90 Å². The number of carbonyl (C=O) groups is 2. The predicted molar refractivity (Wildman–Crippen MR) is 233 cm³/mol. The third kappa shape index (κ3) is 32.1. The maximum absolute atomic E-state index is 13.0. The zero-order valence-corrected chi connectivity index (χ0v) is 37.4. The second-order valence-electron chi connectivity index (χ2n) is 16.5. The maximum Gasteiger partial charge on any atom is 0.305 e. The first kappa shape index (κ1) is 52.1. The summed E-state index contributed by atoms with van der Waals surface area (Å²) in [5, 5.41) is 0. The fourth-order valence-electron chi connectivity index (χ4n) is 7.19. The third-order valence-electron chi connectivity index (χ3n) is 10.9. The number of aryl methyl sites for hydroxylation is 1. The summed E-state index contributed by atoms with van der Waals surface area (Å²) in [6.45, 7) is 5.81. The van der Waals surface area contributed by atoms with Crippen molar-refractivity contribution in [2.75, 3.05) is 13.2 Å². The molecule has 0 saturated heterocycles. The summed E-state index contributed by atoms with van der Waals surface area (Å²) >= 11 is 0. The zero-order chi connectivity index (χ0) is 40.8. The van der Waals surface area contributed by atoms with Crippen molar-refractivity contribution in [1.29, 1.82) is 0 Å². The van der Waals surface area contributed by atoms with Crippen LogP contribution in [0.5, 0.6) is 0 Å². The van der Waals surface area contributed by atoms with Crippen LogP contribution in [0.15, 0.2) is 29.2 Å². The highest BCUT2D eigenvalue weighted by Gasteiger charge is 2.25. The van der Waals surface area contributed by atoms with Gasteiger partial charge in [0.15, 0.2) is 0 Å². The van der Waals surface area contributed by atoms with Crippen molar-refractivity contribution in [2.24, 2.45) is 0 Å². The Morgan fingerprint density at radius 2 is 0.714 bits per heavy atom. The summed E-state index contributed by atoms with van der Waals surface area (Å²) < 4.78 is 42.3. The lowest BCUT2D eigenvalue weighted by Gasteiger charge is -2.18. The molecule has 7 nitrogen and oxygen atoms in total. The molecule has 0 radical (unpaired) electrons. The lowest BCUT2D eigenvalue weighted by molar-refractivity contribution is -0.151. The van der Waals surface area contributed by atoms with Crippen molar-refractivity contribution in [1.82, 2.24) is 0 Å². The highest BCUT2D eigenvalue weighted by molar-refractivity contribution is 7.86. The Morgan fingerprint density at radius 3 is 1.00 bits per heavy atom. The van der Waals surface area contributed by atoms with Gasteiger partial charge in [0.25, 0.3) is 10.1 Å². The van der Waals surface area contributed by atoms with Gasteiger partial charge in [-0.25, -0.2) is 0 Å². The average molecular weight is 807 g/mol. The van der Waals surface area contributed by atoms with Crippen LogP contribution >= 0.6 is 0 Å². The normalized spacial score (nSPS) is 12.2. The van der Waals surface area contributed by atoms with Crippen LogP contribution in [0.1, 0.15) is 238 Å². The smallest absolute Gasteiger partial charge is 0.305 e. The molecule has 0 spiro atoms. The van der Waals surface area contributed by atoms with Crippen molar-refractivity contribution in [2.45, 2.75) is 250 Å². The first-order chi connectivity index (χ1) is 27.3. The highest BCUT2D eigenvalue weighted by atomic mass is 32.2. The lowest BCUT2D eigenvalue weighted by Crippen LogP contribution is -2.31. The van der Waals surface area contributed by atoms with Gasteiger partial charge in [0.1, 0.15) is 19.3 Å². The minimum atomic E-state index is -4.14. The van der Waals surface area contributed by atoms with E-state index in [2.05, 4.69) is 13.8 Å². The monoisotopic (exact) mass is 807 g/mol. The fourth-order valence-corrected chi connectivity index (χ4v) is 8.24. The number of hydrogen-bond acceptors (Lipinski definition) is 7. The van der Waals surface area contributed by atoms with Gasteiger partial charge in [0, 0.05) is 12.8 Å². The molecule has 0 heterocycles. The van der Waals surface area contributed by atoms with Crippen molar-refractivity contribution in [3.05, 3.63) is 29.8 Å². The van der Waals surface area contributed by atoms with E-state index in [-0.39, 0.29) is 31.0 Å². The standard InChI is InChI=1S/C48H86O7S/c1-4-6-8-10-12-14-16-18-19-20-21-22-23-25-27-29-31-33-35-37-48(50)54-43-45(55-56(51,52)46-40-38-44(3)39-41-46)42-53-47(49)36-34-32-30-28-26-24-17-15-13-11-9-7-5-2/h38-41,45H,4-37,42-43H2,1-3H3. The van der Waals surface area contributed by atoms with Gasteiger partial charge >= 0.3 is 11.9 Å². The first-order valence-corrected chi connectivity index (χ1v) is 25.0. The van der Waals surface area contributed by atoms with Gasteiger partial charge in [-0.1, -0.05) is 224 Å². The molecule has 0 aliphatic rings. The van der Waals surface area contributed by atoms with Crippen molar-refractivity contribution < 1.29 is 31.7 Å². The summed E-state index contributed by atoms with van der Waals surface area (Å²) in [7, 11) is -4.14. The minimum Gasteiger partial charge on any atom is -0.463 e. The van der Waals surface area contributed by atoms with Crippen LogP contribution in [0.3, 0.4) is 0 Å². The summed E-state index contributed by atoms with van der Waals surface area (Å²) in [6.07, 6.45) is 39.8. The number of ether oxygens (including phenoxy) is 2. The molecule has 0 saturated carbocycles. The third-order valence-corrected chi connectivity index (χ3v) is 12.3. The molecule has 0 bridgehead atoms. The number of esters is 2. The molecule has 0 aromatic heterocycles. The Hall–Kier alpha value is -1.93. The van der Waals surface area contributed by atoms with E-state index < -0.39 is 28.2 Å². The van der Waals surface area contributed by atoms with Crippen molar-refractivity contribution in [3.63, 3.8) is 0 Å². The van der Waals surface area contributed by atoms with E-state index in [1.54, 1.807) is 12.1 Å². The van der Waals surface area contributed by atoms with Crippen LogP contribution in [0, 0.1) is 6.92 Å². The Morgan fingerprint density at radius 1 is 0.446 bits per heavy atom. The van der Waals surface area contributed by atoms with E-state index in [4.69, 9.17) is 13.7 Å². The predicted octanol–water partition coefficient (Wildman–Crippen LogP) is 14.5. The summed E-state index contributed by atoms with van der Waals surface area (Å²) in [4.78, 5) is 25.1. The molecule has 0 fully saturated rings. The molecule has 1 aromatic carbocycles. The molecular weight excluding hydrogens is 721 g/mol.